The first-order valence-electron chi connectivity index (χ1n) is 5.49. The summed E-state index contributed by atoms with van der Waals surface area (Å²) in [5, 5.41) is -0.475. The first kappa shape index (κ1) is 11.6. The Morgan fingerprint density at radius 3 is 3.00 bits per heavy atom. The zero-order chi connectivity index (χ0) is 11.6. The van der Waals surface area contributed by atoms with Gasteiger partial charge in [-0.05, 0) is 12.8 Å². The predicted octanol–water partition coefficient (Wildman–Crippen LogP) is 0.816. The van der Waals surface area contributed by atoms with Crippen molar-refractivity contribution in [2.75, 3.05) is 12.3 Å². The highest BCUT2D eigenvalue weighted by molar-refractivity contribution is 7.91. The zero-order valence-corrected chi connectivity index (χ0v) is 9.87. The van der Waals surface area contributed by atoms with Gasteiger partial charge < -0.3 is 10.2 Å². The maximum atomic E-state index is 11.8. The molecule has 0 saturated carbocycles. The summed E-state index contributed by atoms with van der Waals surface area (Å²) in [6.07, 6.45) is 4.34. The quantitative estimate of drug-likeness (QED) is 0.850. The molecule has 0 spiro atoms. The highest BCUT2D eigenvalue weighted by atomic mass is 32.2. The number of rotatable bonds is 3. The van der Waals surface area contributed by atoms with Crippen LogP contribution >= 0.6 is 0 Å². The highest BCUT2D eigenvalue weighted by Gasteiger charge is 2.32. The fourth-order valence-corrected chi connectivity index (χ4v) is 3.89. The van der Waals surface area contributed by atoms with Crippen molar-refractivity contribution in [3.05, 3.63) is 17.8 Å². The summed E-state index contributed by atoms with van der Waals surface area (Å²) in [4.78, 5) is 4.19. The van der Waals surface area contributed by atoms with Crippen LogP contribution in [0, 0.1) is 0 Å². The van der Waals surface area contributed by atoms with Gasteiger partial charge >= 0.3 is 0 Å². The van der Waals surface area contributed by atoms with Gasteiger partial charge in [0, 0.05) is 13.0 Å². The van der Waals surface area contributed by atoms with Crippen LogP contribution in [-0.4, -0.2) is 25.7 Å². The van der Waals surface area contributed by atoms with Crippen molar-refractivity contribution in [3.8, 4) is 0 Å². The molecule has 1 atom stereocenters. The Balaban J connectivity index is 2.22. The molecular formula is C10H16N2O3S. The van der Waals surface area contributed by atoms with Crippen molar-refractivity contribution in [2.45, 2.75) is 30.9 Å². The van der Waals surface area contributed by atoms with Crippen molar-refractivity contribution in [1.82, 2.24) is 4.98 Å². The van der Waals surface area contributed by atoms with Crippen LogP contribution in [0.3, 0.4) is 0 Å². The van der Waals surface area contributed by atoms with Crippen LogP contribution in [0.1, 0.15) is 36.1 Å². The number of aromatic nitrogens is 1. The highest BCUT2D eigenvalue weighted by Crippen LogP contribution is 2.32. The van der Waals surface area contributed by atoms with Crippen molar-refractivity contribution in [2.24, 2.45) is 5.73 Å². The Kier molecular flexibility index (Phi) is 3.30. The van der Waals surface area contributed by atoms with Gasteiger partial charge in [-0.1, -0.05) is 6.42 Å². The van der Waals surface area contributed by atoms with Gasteiger partial charge in [0.15, 0.2) is 15.7 Å². The summed E-state index contributed by atoms with van der Waals surface area (Å²) in [5.74, 6) is 0.787. The standard InChI is InChI=1S/C10H16N2O3S/c11-5-4-10-12-8(7-15-10)9-3-1-2-6-16(9,13)14/h7,9H,1-6,11H2. The van der Waals surface area contributed by atoms with Crippen LogP contribution < -0.4 is 5.73 Å². The molecule has 1 unspecified atom stereocenters. The molecule has 1 aromatic heterocycles. The van der Waals surface area contributed by atoms with Crippen LogP contribution in [0.4, 0.5) is 0 Å². The van der Waals surface area contributed by atoms with E-state index in [0.29, 0.717) is 31.0 Å². The van der Waals surface area contributed by atoms with Crippen LogP contribution in [-0.2, 0) is 16.3 Å². The Bertz CT molecular complexity index is 452. The third kappa shape index (κ3) is 2.27. The summed E-state index contributed by atoms with van der Waals surface area (Å²) in [6, 6.07) is 0. The zero-order valence-electron chi connectivity index (χ0n) is 9.05. The van der Waals surface area contributed by atoms with Crippen molar-refractivity contribution >= 4 is 9.84 Å². The van der Waals surface area contributed by atoms with E-state index in [2.05, 4.69) is 4.98 Å². The van der Waals surface area contributed by atoms with Gasteiger partial charge in [-0.25, -0.2) is 13.4 Å². The first-order valence-corrected chi connectivity index (χ1v) is 7.21. The Labute approximate surface area is 95.0 Å². The lowest BCUT2D eigenvalue weighted by atomic mass is 10.1. The Morgan fingerprint density at radius 2 is 2.31 bits per heavy atom. The van der Waals surface area contributed by atoms with E-state index in [-0.39, 0.29) is 5.75 Å². The molecule has 0 radical (unpaired) electrons. The normalized spacial score (nSPS) is 24.4. The lowest BCUT2D eigenvalue weighted by Crippen LogP contribution is -2.21. The van der Waals surface area contributed by atoms with Gasteiger partial charge in [-0.3, -0.25) is 0 Å². The topological polar surface area (TPSA) is 86.2 Å². The maximum Gasteiger partial charge on any atom is 0.195 e. The summed E-state index contributed by atoms with van der Waals surface area (Å²) < 4.78 is 28.9. The van der Waals surface area contributed by atoms with Gasteiger partial charge in [0.2, 0.25) is 0 Å². The molecule has 5 nitrogen and oxygen atoms in total. The van der Waals surface area contributed by atoms with Gasteiger partial charge in [0.25, 0.3) is 0 Å². The second-order valence-corrected chi connectivity index (χ2v) is 6.36. The lowest BCUT2D eigenvalue weighted by molar-refractivity contribution is 0.494. The van der Waals surface area contributed by atoms with E-state index >= 15 is 0 Å². The monoisotopic (exact) mass is 244 g/mol. The number of nitrogens with two attached hydrogens (primary N) is 1. The van der Waals surface area contributed by atoms with E-state index in [1.54, 1.807) is 0 Å². The number of nitrogens with zero attached hydrogens (tertiary/aromatic N) is 1. The molecule has 1 aliphatic heterocycles. The summed E-state index contributed by atoms with van der Waals surface area (Å²) in [7, 11) is -3.03. The molecule has 2 rings (SSSR count). The second kappa shape index (κ2) is 4.55. The largest absolute Gasteiger partial charge is 0.449 e. The van der Waals surface area contributed by atoms with E-state index in [1.165, 1.54) is 6.26 Å². The van der Waals surface area contributed by atoms with Crippen molar-refractivity contribution in [3.63, 3.8) is 0 Å². The summed E-state index contributed by atoms with van der Waals surface area (Å²) >= 11 is 0. The Morgan fingerprint density at radius 1 is 1.50 bits per heavy atom. The van der Waals surface area contributed by atoms with Crippen LogP contribution in [0.5, 0.6) is 0 Å². The molecule has 0 aromatic carbocycles. The molecule has 16 heavy (non-hydrogen) atoms. The van der Waals surface area contributed by atoms with Crippen molar-refractivity contribution in [1.29, 1.82) is 0 Å². The number of sulfone groups is 1. The van der Waals surface area contributed by atoms with Gasteiger partial charge in [0.05, 0.1) is 11.4 Å². The molecule has 1 aliphatic rings. The average Bonchev–Trinajstić information content (AvgIpc) is 2.66. The molecule has 1 fully saturated rings. The van der Waals surface area contributed by atoms with Crippen molar-refractivity contribution < 1.29 is 12.8 Å². The molecule has 1 aromatic rings. The number of hydrogen-bond acceptors (Lipinski definition) is 5. The SMILES string of the molecule is NCCc1nc(C2CCCCS2(=O)=O)co1. The average molecular weight is 244 g/mol. The molecule has 6 heteroatoms. The summed E-state index contributed by atoms with van der Waals surface area (Å²) in [5.41, 5.74) is 5.93. The minimum absolute atomic E-state index is 0.261. The molecule has 1 saturated heterocycles. The minimum atomic E-state index is -3.03. The van der Waals surface area contributed by atoms with E-state index < -0.39 is 15.1 Å². The molecule has 2 N–H and O–H groups in total. The third-order valence-electron chi connectivity index (χ3n) is 2.84. The third-order valence-corrected chi connectivity index (χ3v) is 5.04. The Hall–Kier alpha value is -0.880. The molecule has 90 valence electrons. The van der Waals surface area contributed by atoms with E-state index in [1.807, 2.05) is 0 Å². The van der Waals surface area contributed by atoms with E-state index in [4.69, 9.17) is 10.2 Å². The van der Waals surface area contributed by atoms with Gasteiger partial charge in [-0.2, -0.15) is 0 Å². The second-order valence-electron chi connectivity index (χ2n) is 4.06. The molecule has 0 bridgehead atoms. The fourth-order valence-electron chi connectivity index (χ4n) is 2.00. The van der Waals surface area contributed by atoms with E-state index in [0.717, 1.165) is 12.8 Å². The smallest absolute Gasteiger partial charge is 0.195 e. The number of oxazole rings is 1. The van der Waals surface area contributed by atoms with Crippen LogP contribution in [0.2, 0.25) is 0 Å². The molecule has 0 amide bonds. The molecule has 2 heterocycles. The maximum absolute atomic E-state index is 11.8. The minimum Gasteiger partial charge on any atom is -0.449 e. The van der Waals surface area contributed by atoms with Gasteiger partial charge in [0.1, 0.15) is 11.5 Å². The lowest BCUT2D eigenvalue weighted by Gasteiger charge is -2.19. The van der Waals surface area contributed by atoms with E-state index in [9.17, 15) is 8.42 Å². The van der Waals surface area contributed by atoms with Crippen LogP contribution in [0.15, 0.2) is 10.7 Å². The molecule has 0 aliphatic carbocycles. The summed E-state index contributed by atoms with van der Waals surface area (Å²) in [6.45, 7) is 0.456. The first-order chi connectivity index (χ1) is 7.63. The van der Waals surface area contributed by atoms with Gasteiger partial charge in [-0.15, -0.1) is 0 Å². The van der Waals surface area contributed by atoms with Crippen LogP contribution in [0.25, 0.3) is 0 Å². The predicted molar refractivity (Wildman–Crippen MR) is 59.6 cm³/mol. The molecular weight excluding hydrogens is 228 g/mol. The fraction of sp³-hybridized carbons (Fsp3) is 0.700. The number of hydrogen-bond donors (Lipinski definition) is 1.